The lowest BCUT2D eigenvalue weighted by molar-refractivity contribution is 0.449. The summed E-state index contributed by atoms with van der Waals surface area (Å²) >= 11 is 0. The Morgan fingerprint density at radius 1 is 1.14 bits per heavy atom. The lowest BCUT2D eigenvalue weighted by Gasteiger charge is -2.20. The fraction of sp³-hybridized carbons (Fsp3) is 0.370. The van der Waals surface area contributed by atoms with Crippen LogP contribution in [-0.4, -0.2) is 13.3 Å². The molecule has 0 bridgehead atoms. The third kappa shape index (κ3) is 5.70. The highest BCUT2D eigenvalue weighted by atomic mass is 14.6. The van der Waals surface area contributed by atoms with Crippen molar-refractivity contribution in [2.24, 2.45) is 10.9 Å². The maximum atomic E-state index is 5.53. The molecule has 146 valence electrons. The van der Waals surface area contributed by atoms with E-state index in [0.717, 1.165) is 17.9 Å². The van der Waals surface area contributed by atoms with Crippen molar-refractivity contribution in [2.45, 2.75) is 52.9 Å². The van der Waals surface area contributed by atoms with Crippen molar-refractivity contribution in [3.8, 4) is 23.5 Å². The summed E-state index contributed by atoms with van der Waals surface area (Å²) in [4.78, 5) is 4.15. The molecule has 0 unspecified atom stereocenters. The number of hydrogen-bond acceptors (Lipinski definition) is 1. The van der Waals surface area contributed by atoms with Crippen molar-refractivity contribution >= 4 is 11.8 Å². The van der Waals surface area contributed by atoms with Gasteiger partial charge in [-0.15, -0.1) is 6.42 Å². The predicted molar refractivity (Wildman–Crippen MR) is 125 cm³/mol. The number of rotatable bonds is 9. The Morgan fingerprint density at radius 2 is 1.89 bits per heavy atom. The normalized spacial score (nSPS) is 12.9. The van der Waals surface area contributed by atoms with Gasteiger partial charge in [-0.2, -0.15) is 0 Å². The summed E-state index contributed by atoms with van der Waals surface area (Å²) in [6, 6.07) is 15.0. The topological polar surface area (TPSA) is 12.4 Å². The van der Waals surface area contributed by atoms with E-state index in [1.807, 2.05) is 25.4 Å². The summed E-state index contributed by atoms with van der Waals surface area (Å²) in [6.45, 7) is 6.78. The standard InChI is InChI=1S/C27H33N/c1-6-9-11-23(8-3)20-25-12-10-13-26(27(25)21(4)18-19-28-5)24-16-14-22(7-2)15-17-24/h2,10,12-19,23H,6,8-9,11,20H2,1,3-5H3/b21-18+,28-19-/t23-/m1/s1. The Hall–Kier alpha value is -2.59. The van der Waals surface area contributed by atoms with Crippen LogP contribution in [-0.2, 0) is 6.42 Å². The molecule has 2 aromatic carbocycles. The maximum Gasteiger partial charge on any atom is 0.0277 e. The third-order valence-corrected chi connectivity index (χ3v) is 5.43. The molecule has 28 heavy (non-hydrogen) atoms. The smallest absolute Gasteiger partial charge is 0.0277 e. The number of aliphatic imine (C=N–C) groups is 1. The van der Waals surface area contributed by atoms with Crippen molar-refractivity contribution < 1.29 is 0 Å². The Kier molecular flexibility index (Phi) is 8.76. The first-order chi connectivity index (χ1) is 13.6. The monoisotopic (exact) mass is 371 g/mol. The SMILES string of the molecule is C#Cc1ccc(-c2cccc(C[C@H](CC)CCCC)c2/C(C)=C/C=N\C)cc1. The molecule has 2 aromatic rings. The Bertz CT molecular complexity index is 847. The average molecular weight is 372 g/mol. The van der Waals surface area contributed by atoms with Gasteiger partial charge in [0, 0.05) is 18.8 Å². The second-order valence-electron chi connectivity index (χ2n) is 7.44. The Balaban J connectivity index is 2.53. The summed E-state index contributed by atoms with van der Waals surface area (Å²) in [5.74, 6) is 3.43. The number of hydrogen-bond donors (Lipinski definition) is 0. The molecule has 0 aliphatic heterocycles. The molecule has 0 spiro atoms. The van der Waals surface area contributed by atoms with Crippen molar-refractivity contribution in [1.82, 2.24) is 0 Å². The highest BCUT2D eigenvalue weighted by Gasteiger charge is 2.15. The van der Waals surface area contributed by atoms with E-state index in [9.17, 15) is 0 Å². The first kappa shape index (κ1) is 21.7. The maximum absolute atomic E-state index is 5.53. The highest BCUT2D eigenvalue weighted by molar-refractivity contribution is 5.90. The lowest BCUT2D eigenvalue weighted by Crippen LogP contribution is -2.06. The molecular formula is C27H33N. The summed E-state index contributed by atoms with van der Waals surface area (Å²) in [5.41, 5.74) is 7.41. The third-order valence-electron chi connectivity index (χ3n) is 5.43. The van der Waals surface area contributed by atoms with E-state index < -0.39 is 0 Å². The van der Waals surface area contributed by atoms with E-state index >= 15 is 0 Å². The molecule has 0 aliphatic carbocycles. The van der Waals surface area contributed by atoms with Gasteiger partial charge in [-0.05, 0) is 65.3 Å². The summed E-state index contributed by atoms with van der Waals surface area (Å²) in [7, 11) is 1.81. The van der Waals surface area contributed by atoms with Gasteiger partial charge >= 0.3 is 0 Å². The van der Waals surface area contributed by atoms with E-state index in [2.05, 4.69) is 68.1 Å². The molecule has 1 atom stereocenters. The Morgan fingerprint density at radius 3 is 2.50 bits per heavy atom. The van der Waals surface area contributed by atoms with Crippen molar-refractivity contribution in [3.63, 3.8) is 0 Å². The highest BCUT2D eigenvalue weighted by Crippen LogP contribution is 2.34. The number of nitrogens with zero attached hydrogens (tertiary/aromatic N) is 1. The van der Waals surface area contributed by atoms with Gasteiger partial charge in [0.1, 0.15) is 0 Å². The van der Waals surface area contributed by atoms with Gasteiger partial charge in [-0.25, -0.2) is 0 Å². The van der Waals surface area contributed by atoms with Crippen LogP contribution in [0.2, 0.25) is 0 Å². The van der Waals surface area contributed by atoms with Crippen LogP contribution in [0.1, 0.15) is 63.1 Å². The van der Waals surface area contributed by atoms with Gasteiger partial charge in [-0.1, -0.05) is 75.8 Å². The molecule has 1 heteroatoms. The molecule has 0 aromatic heterocycles. The minimum absolute atomic E-state index is 0.727. The Labute approximate surface area is 171 Å². The lowest BCUT2D eigenvalue weighted by atomic mass is 9.84. The van der Waals surface area contributed by atoms with Crippen molar-refractivity contribution in [3.05, 3.63) is 65.2 Å². The average Bonchev–Trinajstić information content (AvgIpc) is 2.74. The first-order valence-electron chi connectivity index (χ1n) is 10.4. The van der Waals surface area contributed by atoms with Gasteiger partial charge in [-0.3, -0.25) is 4.99 Å². The van der Waals surface area contributed by atoms with E-state index in [1.54, 1.807) is 0 Å². The number of terminal acetylenes is 1. The fourth-order valence-corrected chi connectivity index (χ4v) is 3.75. The van der Waals surface area contributed by atoms with E-state index in [4.69, 9.17) is 6.42 Å². The van der Waals surface area contributed by atoms with E-state index in [1.165, 1.54) is 53.5 Å². The minimum Gasteiger partial charge on any atom is -0.297 e. The quantitative estimate of drug-likeness (QED) is 0.326. The number of unbranched alkanes of at least 4 members (excludes halogenated alkanes) is 1. The van der Waals surface area contributed by atoms with Gasteiger partial charge in [0.25, 0.3) is 0 Å². The van der Waals surface area contributed by atoms with E-state index in [-0.39, 0.29) is 0 Å². The van der Waals surface area contributed by atoms with Crippen molar-refractivity contribution in [2.75, 3.05) is 7.05 Å². The molecule has 0 fully saturated rings. The number of allylic oxidation sites excluding steroid dienone is 2. The second-order valence-corrected chi connectivity index (χ2v) is 7.44. The predicted octanol–water partition coefficient (Wildman–Crippen LogP) is 7.20. The first-order valence-corrected chi connectivity index (χ1v) is 10.4. The van der Waals surface area contributed by atoms with Crippen LogP contribution < -0.4 is 0 Å². The van der Waals surface area contributed by atoms with Crippen molar-refractivity contribution in [1.29, 1.82) is 0 Å². The zero-order valence-corrected chi connectivity index (χ0v) is 17.8. The molecule has 0 N–H and O–H groups in total. The summed E-state index contributed by atoms with van der Waals surface area (Å²) < 4.78 is 0. The summed E-state index contributed by atoms with van der Waals surface area (Å²) in [5, 5.41) is 0. The molecular weight excluding hydrogens is 338 g/mol. The van der Waals surface area contributed by atoms with Gasteiger partial charge in [0.05, 0.1) is 0 Å². The second kappa shape index (κ2) is 11.3. The molecule has 1 nitrogen and oxygen atoms in total. The minimum atomic E-state index is 0.727. The van der Waals surface area contributed by atoms with Crippen LogP contribution >= 0.6 is 0 Å². The van der Waals surface area contributed by atoms with Crippen LogP contribution in [0.5, 0.6) is 0 Å². The fourth-order valence-electron chi connectivity index (χ4n) is 3.75. The molecule has 0 saturated carbocycles. The van der Waals surface area contributed by atoms with E-state index in [0.29, 0.717) is 0 Å². The van der Waals surface area contributed by atoms with Gasteiger partial charge in [0.2, 0.25) is 0 Å². The molecule has 0 saturated heterocycles. The van der Waals surface area contributed by atoms with Crippen LogP contribution in [0.25, 0.3) is 16.7 Å². The van der Waals surface area contributed by atoms with Crippen LogP contribution in [0.4, 0.5) is 0 Å². The molecule has 0 radical (unpaired) electrons. The molecule has 0 aliphatic rings. The van der Waals surface area contributed by atoms with Crippen LogP contribution in [0, 0.1) is 18.3 Å². The zero-order chi connectivity index (χ0) is 20.4. The largest absolute Gasteiger partial charge is 0.297 e. The van der Waals surface area contributed by atoms with Gasteiger partial charge in [0.15, 0.2) is 0 Å². The van der Waals surface area contributed by atoms with Crippen LogP contribution in [0.3, 0.4) is 0 Å². The zero-order valence-electron chi connectivity index (χ0n) is 17.8. The van der Waals surface area contributed by atoms with Crippen LogP contribution in [0.15, 0.2) is 53.5 Å². The number of benzene rings is 2. The summed E-state index contributed by atoms with van der Waals surface area (Å²) in [6.07, 6.45) is 15.7. The molecule has 0 heterocycles. The molecule has 0 amide bonds. The van der Waals surface area contributed by atoms with Gasteiger partial charge < -0.3 is 0 Å². The molecule has 2 rings (SSSR count).